The van der Waals surface area contributed by atoms with E-state index < -0.39 is 0 Å². The number of nitrogens with zero attached hydrogens (tertiary/aromatic N) is 1. The maximum Gasteiger partial charge on any atom is 0.0669 e. The van der Waals surface area contributed by atoms with E-state index in [1.807, 2.05) is 6.92 Å². The molecule has 3 nitrogen and oxygen atoms in total. The smallest absolute Gasteiger partial charge is 0.0669 e. The van der Waals surface area contributed by atoms with E-state index in [0.29, 0.717) is 12.0 Å². The van der Waals surface area contributed by atoms with Gasteiger partial charge in [0.25, 0.3) is 0 Å². The number of nitriles is 1. The zero-order chi connectivity index (χ0) is 10.6. The molecule has 14 heavy (non-hydrogen) atoms. The molecule has 1 N–H and O–H groups in total. The Labute approximate surface area is 86.4 Å². The highest BCUT2D eigenvalue weighted by Crippen LogP contribution is 2.15. The molecule has 4 unspecified atom stereocenters. The maximum absolute atomic E-state index is 8.79. The van der Waals surface area contributed by atoms with Gasteiger partial charge in [0.15, 0.2) is 0 Å². The summed E-state index contributed by atoms with van der Waals surface area (Å²) in [4.78, 5) is 0. The molecule has 1 saturated heterocycles. The zero-order valence-corrected chi connectivity index (χ0v) is 9.29. The summed E-state index contributed by atoms with van der Waals surface area (Å²) in [6.07, 6.45) is 1.06. The maximum atomic E-state index is 8.79. The van der Waals surface area contributed by atoms with Crippen molar-refractivity contribution in [2.24, 2.45) is 11.8 Å². The highest BCUT2D eigenvalue weighted by atomic mass is 16.5. The van der Waals surface area contributed by atoms with Crippen LogP contribution in [0.5, 0.6) is 0 Å². The van der Waals surface area contributed by atoms with Gasteiger partial charge in [-0.3, -0.25) is 0 Å². The molecular formula is C11H20N2O. The van der Waals surface area contributed by atoms with Gasteiger partial charge in [0.2, 0.25) is 0 Å². The van der Waals surface area contributed by atoms with E-state index in [4.69, 9.17) is 10.00 Å². The van der Waals surface area contributed by atoms with Gasteiger partial charge in [-0.2, -0.15) is 5.26 Å². The second-order valence-electron chi connectivity index (χ2n) is 4.32. The van der Waals surface area contributed by atoms with Gasteiger partial charge < -0.3 is 10.1 Å². The monoisotopic (exact) mass is 196 g/mol. The normalized spacial score (nSPS) is 31.9. The molecule has 1 fully saturated rings. The van der Waals surface area contributed by atoms with Crippen molar-refractivity contribution in [3.05, 3.63) is 0 Å². The molecule has 0 aromatic carbocycles. The summed E-state index contributed by atoms with van der Waals surface area (Å²) < 4.78 is 5.38. The highest BCUT2D eigenvalue weighted by molar-refractivity contribution is 4.89. The van der Waals surface area contributed by atoms with Gasteiger partial charge in [-0.15, -0.1) is 0 Å². The van der Waals surface area contributed by atoms with E-state index in [1.165, 1.54) is 0 Å². The van der Waals surface area contributed by atoms with Crippen LogP contribution in [-0.2, 0) is 4.74 Å². The molecule has 3 heteroatoms. The minimum atomic E-state index is 0.0741. The Morgan fingerprint density at radius 3 is 2.79 bits per heavy atom. The second kappa shape index (κ2) is 5.33. The molecule has 1 aliphatic heterocycles. The number of ether oxygens (including phenoxy) is 1. The van der Waals surface area contributed by atoms with Crippen molar-refractivity contribution in [3.63, 3.8) is 0 Å². The van der Waals surface area contributed by atoms with Gasteiger partial charge >= 0.3 is 0 Å². The van der Waals surface area contributed by atoms with Gasteiger partial charge in [0.05, 0.1) is 18.6 Å². The van der Waals surface area contributed by atoms with Gasteiger partial charge in [-0.25, -0.2) is 0 Å². The van der Waals surface area contributed by atoms with Crippen LogP contribution in [-0.4, -0.2) is 25.3 Å². The van der Waals surface area contributed by atoms with E-state index in [1.54, 1.807) is 0 Å². The first-order valence-electron chi connectivity index (χ1n) is 5.38. The van der Waals surface area contributed by atoms with Gasteiger partial charge in [-0.1, -0.05) is 6.92 Å². The van der Waals surface area contributed by atoms with Crippen LogP contribution in [0.1, 0.15) is 27.2 Å². The molecule has 0 amide bonds. The van der Waals surface area contributed by atoms with Gasteiger partial charge in [0.1, 0.15) is 0 Å². The Kier molecular flexibility index (Phi) is 4.37. The number of nitrogens with one attached hydrogen (secondary N) is 1. The summed E-state index contributed by atoms with van der Waals surface area (Å²) in [6, 6.07) is 3.05. The fourth-order valence-electron chi connectivity index (χ4n) is 1.72. The first kappa shape index (κ1) is 11.5. The molecule has 0 bridgehead atoms. The average molecular weight is 196 g/mol. The summed E-state index contributed by atoms with van der Waals surface area (Å²) in [5.41, 5.74) is 0. The molecule has 0 saturated carbocycles. The lowest BCUT2D eigenvalue weighted by Gasteiger charge is -2.32. The van der Waals surface area contributed by atoms with Crippen LogP contribution < -0.4 is 5.32 Å². The predicted octanol–water partition coefficient (Wildman–Crippen LogP) is 1.55. The third kappa shape index (κ3) is 2.97. The average Bonchev–Trinajstić information content (AvgIpc) is 2.20. The largest absolute Gasteiger partial charge is 0.381 e. The van der Waals surface area contributed by atoms with Crippen LogP contribution in [0.4, 0.5) is 0 Å². The molecule has 1 aliphatic rings. The fraction of sp³-hybridized carbons (Fsp3) is 0.909. The van der Waals surface area contributed by atoms with Gasteiger partial charge in [0, 0.05) is 18.7 Å². The Morgan fingerprint density at radius 2 is 2.21 bits per heavy atom. The van der Waals surface area contributed by atoms with E-state index in [2.05, 4.69) is 25.2 Å². The molecule has 0 aromatic rings. The summed E-state index contributed by atoms with van der Waals surface area (Å²) in [7, 11) is 0. The molecule has 0 aromatic heterocycles. The van der Waals surface area contributed by atoms with Crippen molar-refractivity contribution in [1.82, 2.24) is 5.32 Å². The van der Waals surface area contributed by atoms with E-state index in [9.17, 15) is 0 Å². The van der Waals surface area contributed by atoms with Crippen LogP contribution in [0.3, 0.4) is 0 Å². The summed E-state index contributed by atoms with van der Waals surface area (Å²) >= 11 is 0. The van der Waals surface area contributed by atoms with E-state index in [-0.39, 0.29) is 12.0 Å². The van der Waals surface area contributed by atoms with Crippen LogP contribution in [0, 0.1) is 23.2 Å². The minimum Gasteiger partial charge on any atom is -0.381 e. The SMILES string of the molecule is CC(C#N)C(C)NC1CCOCC1C. The molecule has 4 atom stereocenters. The standard InChI is InChI=1S/C11H20N2O/c1-8(6-12)10(3)13-11-4-5-14-7-9(11)2/h8-11,13H,4-5,7H2,1-3H3. The number of hydrogen-bond acceptors (Lipinski definition) is 3. The molecule has 0 spiro atoms. The third-order valence-corrected chi connectivity index (χ3v) is 3.07. The van der Waals surface area contributed by atoms with Crippen molar-refractivity contribution >= 4 is 0 Å². The predicted molar refractivity (Wildman–Crippen MR) is 55.8 cm³/mol. The molecule has 1 rings (SSSR count). The van der Waals surface area contributed by atoms with Crippen LogP contribution in [0.25, 0.3) is 0 Å². The van der Waals surface area contributed by atoms with Crippen LogP contribution in [0.15, 0.2) is 0 Å². The highest BCUT2D eigenvalue weighted by Gasteiger charge is 2.24. The van der Waals surface area contributed by atoms with Crippen molar-refractivity contribution in [2.75, 3.05) is 13.2 Å². The number of rotatable bonds is 3. The lowest BCUT2D eigenvalue weighted by Crippen LogP contribution is -2.47. The van der Waals surface area contributed by atoms with Gasteiger partial charge in [-0.05, 0) is 26.2 Å². The first-order chi connectivity index (χ1) is 6.65. The zero-order valence-electron chi connectivity index (χ0n) is 9.29. The molecule has 0 radical (unpaired) electrons. The van der Waals surface area contributed by atoms with Crippen molar-refractivity contribution in [1.29, 1.82) is 5.26 Å². The van der Waals surface area contributed by atoms with E-state index >= 15 is 0 Å². The lowest BCUT2D eigenvalue weighted by atomic mass is 9.95. The van der Waals surface area contributed by atoms with E-state index in [0.717, 1.165) is 19.6 Å². The minimum absolute atomic E-state index is 0.0741. The number of hydrogen-bond donors (Lipinski definition) is 1. The van der Waals surface area contributed by atoms with Crippen LogP contribution >= 0.6 is 0 Å². The molecular weight excluding hydrogens is 176 g/mol. The van der Waals surface area contributed by atoms with Crippen molar-refractivity contribution in [2.45, 2.75) is 39.3 Å². The molecule has 1 heterocycles. The van der Waals surface area contributed by atoms with Crippen LogP contribution in [0.2, 0.25) is 0 Å². The Hall–Kier alpha value is -0.590. The lowest BCUT2D eigenvalue weighted by molar-refractivity contribution is 0.0353. The Bertz CT molecular complexity index is 212. The first-order valence-corrected chi connectivity index (χ1v) is 5.38. The molecule has 0 aliphatic carbocycles. The van der Waals surface area contributed by atoms with Crippen molar-refractivity contribution in [3.8, 4) is 6.07 Å². The molecule has 80 valence electrons. The topological polar surface area (TPSA) is 45.0 Å². The second-order valence-corrected chi connectivity index (χ2v) is 4.32. The van der Waals surface area contributed by atoms with Crippen molar-refractivity contribution < 1.29 is 4.74 Å². The summed E-state index contributed by atoms with van der Waals surface area (Å²) in [5, 5.41) is 12.3. The third-order valence-electron chi connectivity index (χ3n) is 3.07. The Balaban J connectivity index is 2.38. The summed E-state index contributed by atoms with van der Waals surface area (Å²) in [5.74, 6) is 0.627. The quantitative estimate of drug-likeness (QED) is 0.745. The Morgan fingerprint density at radius 1 is 1.50 bits per heavy atom. The fourth-order valence-corrected chi connectivity index (χ4v) is 1.72. The summed E-state index contributed by atoms with van der Waals surface area (Å²) in [6.45, 7) is 7.92.